The molecule has 6 heteroatoms. The molecule has 0 aromatic heterocycles. The topological polar surface area (TPSA) is 84.5 Å². The Hall–Kier alpha value is -2.63. The first kappa shape index (κ1) is 18.4. The second kappa shape index (κ2) is 10.2. The van der Waals surface area contributed by atoms with E-state index in [2.05, 4.69) is 17.2 Å². The molecule has 1 rings (SSSR count). The number of hydrogen-bond acceptors (Lipinski definition) is 4. The van der Waals surface area contributed by atoms with Crippen LogP contribution in [0.25, 0.3) is 0 Å². The van der Waals surface area contributed by atoms with Gasteiger partial charge < -0.3 is 15.4 Å². The Balaban J connectivity index is 2.53. The van der Waals surface area contributed by atoms with E-state index in [1.165, 1.54) is 7.11 Å². The van der Waals surface area contributed by atoms with Gasteiger partial charge in [0.15, 0.2) is 0 Å². The molecule has 1 atom stereocenters. The zero-order chi connectivity index (χ0) is 17.1. The molecule has 0 bridgehead atoms. The number of carbonyl (C=O) groups is 3. The van der Waals surface area contributed by atoms with Crippen LogP contribution in [0.2, 0.25) is 0 Å². The maximum absolute atomic E-state index is 11.9. The minimum absolute atomic E-state index is 0.00522. The lowest BCUT2D eigenvalue weighted by atomic mass is 10.1. The van der Waals surface area contributed by atoms with Crippen LogP contribution in [0, 0.1) is 0 Å². The van der Waals surface area contributed by atoms with E-state index in [4.69, 9.17) is 4.74 Å². The van der Waals surface area contributed by atoms with E-state index in [1.807, 2.05) is 30.3 Å². The average Bonchev–Trinajstić information content (AvgIpc) is 2.57. The highest BCUT2D eigenvalue weighted by molar-refractivity contribution is 5.87. The van der Waals surface area contributed by atoms with Crippen LogP contribution in [0.1, 0.15) is 18.4 Å². The van der Waals surface area contributed by atoms with Gasteiger partial charge in [0.1, 0.15) is 6.04 Å². The lowest BCUT2D eigenvalue weighted by Gasteiger charge is -2.16. The average molecular weight is 318 g/mol. The first-order valence-corrected chi connectivity index (χ1v) is 7.35. The van der Waals surface area contributed by atoms with Crippen molar-refractivity contribution in [3.8, 4) is 0 Å². The van der Waals surface area contributed by atoms with Crippen molar-refractivity contribution in [2.75, 3.05) is 13.7 Å². The molecule has 23 heavy (non-hydrogen) atoms. The highest BCUT2D eigenvalue weighted by Gasteiger charge is 2.22. The van der Waals surface area contributed by atoms with Gasteiger partial charge in [-0.15, -0.1) is 6.58 Å². The Labute approximate surface area is 135 Å². The molecule has 0 unspecified atom stereocenters. The van der Waals surface area contributed by atoms with Gasteiger partial charge in [-0.1, -0.05) is 36.4 Å². The zero-order valence-electron chi connectivity index (χ0n) is 13.2. The number of methoxy groups -OCH3 is 1. The van der Waals surface area contributed by atoms with Crippen LogP contribution in [0.3, 0.4) is 0 Å². The molecule has 0 saturated carbocycles. The van der Waals surface area contributed by atoms with E-state index in [-0.39, 0.29) is 24.7 Å². The first-order valence-electron chi connectivity index (χ1n) is 7.35. The molecule has 0 heterocycles. The molecule has 1 aromatic carbocycles. The van der Waals surface area contributed by atoms with Crippen molar-refractivity contribution < 1.29 is 19.1 Å². The Kier molecular flexibility index (Phi) is 8.13. The molecule has 6 nitrogen and oxygen atoms in total. The number of benzene rings is 1. The van der Waals surface area contributed by atoms with E-state index in [0.29, 0.717) is 13.0 Å². The molecule has 0 aliphatic carbocycles. The van der Waals surface area contributed by atoms with Gasteiger partial charge >= 0.3 is 5.97 Å². The Morgan fingerprint density at radius 2 is 1.83 bits per heavy atom. The minimum atomic E-state index is -0.772. The second-order valence-electron chi connectivity index (χ2n) is 4.93. The molecule has 0 radical (unpaired) electrons. The fourth-order valence-corrected chi connectivity index (χ4v) is 1.95. The predicted molar refractivity (Wildman–Crippen MR) is 86.5 cm³/mol. The molecule has 1 aromatic rings. The Bertz CT molecular complexity index is 543. The smallest absolute Gasteiger partial charge is 0.328 e. The lowest BCUT2D eigenvalue weighted by Crippen LogP contribution is -2.43. The third-order valence-electron chi connectivity index (χ3n) is 3.13. The normalized spacial score (nSPS) is 11.2. The van der Waals surface area contributed by atoms with Crippen molar-refractivity contribution in [3.63, 3.8) is 0 Å². The monoisotopic (exact) mass is 318 g/mol. The molecule has 0 aliphatic heterocycles. The van der Waals surface area contributed by atoms with E-state index in [9.17, 15) is 14.4 Å². The fourth-order valence-electron chi connectivity index (χ4n) is 1.95. The summed E-state index contributed by atoms with van der Waals surface area (Å²) >= 11 is 0. The van der Waals surface area contributed by atoms with Crippen LogP contribution >= 0.6 is 0 Å². The molecule has 124 valence electrons. The summed E-state index contributed by atoms with van der Waals surface area (Å²) < 4.78 is 4.72. The highest BCUT2D eigenvalue weighted by Crippen LogP contribution is 2.05. The van der Waals surface area contributed by atoms with Crippen molar-refractivity contribution in [1.29, 1.82) is 0 Å². The van der Waals surface area contributed by atoms with Crippen LogP contribution in [0.4, 0.5) is 0 Å². The van der Waals surface area contributed by atoms with Gasteiger partial charge in [0.2, 0.25) is 11.8 Å². The minimum Gasteiger partial charge on any atom is -0.467 e. The SMILES string of the molecule is C=CCNC(=O)CCC(=O)N[C@H](Cc1ccccc1)C(=O)OC. The van der Waals surface area contributed by atoms with Crippen LogP contribution in [0.15, 0.2) is 43.0 Å². The lowest BCUT2D eigenvalue weighted by molar-refractivity contribution is -0.145. The molecule has 2 N–H and O–H groups in total. The van der Waals surface area contributed by atoms with Gasteiger partial charge in [0, 0.05) is 25.8 Å². The maximum atomic E-state index is 11.9. The summed E-state index contributed by atoms with van der Waals surface area (Å²) in [4.78, 5) is 35.2. The van der Waals surface area contributed by atoms with E-state index in [1.54, 1.807) is 6.08 Å². The standard InChI is InChI=1S/C17H22N2O4/c1-3-11-18-15(20)9-10-16(21)19-14(17(22)23-2)12-13-7-5-4-6-8-13/h3-8,14H,1,9-12H2,2H3,(H,18,20)(H,19,21)/t14-/m1/s1. The quantitative estimate of drug-likeness (QED) is 0.525. The van der Waals surface area contributed by atoms with E-state index < -0.39 is 12.0 Å². The zero-order valence-corrected chi connectivity index (χ0v) is 13.2. The van der Waals surface area contributed by atoms with Crippen LogP contribution in [0.5, 0.6) is 0 Å². The molecule has 0 saturated heterocycles. The van der Waals surface area contributed by atoms with Crippen molar-refractivity contribution in [3.05, 3.63) is 48.6 Å². The van der Waals surface area contributed by atoms with Crippen LogP contribution < -0.4 is 10.6 Å². The third kappa shape index (κ3) is 7.26. The van der Waals surface area contributed by atoms with Gasteiger partial charge in [0.25, 0.3) is 0 Å². The maximum Gasteiger partial charge on any atom is 0.328 e. The van der Waals surface area contributed by atoms with Crippen molar-refractivity contribution in [2.45, 2.75) is 25.3 Å². The number of hydrogen-bond donors (Lipinski definition) is 2. The molecular weight excluding hydrogens is 296 g/mol. The number of nitrogens with one attached hydrogen (secondary N) is 2. The summed E-state index contributed by atoms with van der Waals surface area (Å²) in [5.74, 6) is -1.12. The number of esters is 1. The van der Waals surface area contributed by atoms with Gasteiger partial charge in [0.05, 0.1) is 7.11 Å². The predicted octanol–water partition coefficient (Wildman–Crippen LogP) is 0.969. The summed E-state index contributed by atoms with van der Waals surface area (Å²) in [5, 5.41) is 5.20. The van der Waals surface area contributed by atoms with Gasteiger partial charge in [-0.3, -0.25) is 9.59 Å². The number of ether oxygens (including phenoxy) is 1. The van der Waals surface area contributed by atoms with Crippen molar-refractivity contribution >= 4 is 17.8 Å². The van der Waals surface area contributed by atoms with Crippen molar-refractivity contribution in [1.82, 2.24) is 10.6 Å². The molecular formula is C17H22N2O4. The third-order valence-corrected chi connectivity index (χ3v) is 3.13. The number of amides is 2. The summed E-state index contributed by atoms with van der Waals surface area (Å²) in [5.41, 5.74) is 0.909. The van der Waals surface area contributed by atoms with E-state index in [0.717, 1.165) is 5.56 Å². The molecule has 0 aliphatic rings. The first-order chi connectivity index (χ1) is 11.1. The summed E-state index contributed by atoms with van der Waals surface area (Å²) in [6, 6.07) is 8.54. The summed E-state index contributed by atoms with van der Waals surface area (Å²) in [6.07, 6.45) is 1.96. The van der Waals surface area contributed by atoms with Crippen molar-refractivity contribution in [2.24, 2.45) is 0 Å². The number of carbonyl (C=O) groups excluding carboxylic acids is 3. The Morgan fingerprint density at radius 3 is 2.43 bits per heavy atom. The number of rotatable bonds is 9. The molecule has 0 spiro atoms. The molecule has 2 amide bonds. The van der Waals surface area contributed by atoms with Gasteiger partial charge in [-0.25, -0.2) is 4.79 Å². The summed E-state index contributed by atoms with van der Waals surface area (Å²) in [6.45, 7) is 3.85. The molecule has 0 fully saturated rings. The fraction of sp³-hybridized carbons (Fsp3) is 0.353. The largest absolute Gasteiger partial charge is 0.467 e. The summed E-state index contributed by atoms with van der Waals surface area (Å²) in [7, 11) is 1.27. The van der Waals surface area contributed by atoms with Crippen LogP contribution in [-0.2, 0) is 25.5 Å². The Morgan fingerprint density at radius 1 is 1.17 bits per heavy atom. The van der Waals surface area contributed by atoms with E-state index >= 15 is 0 Å². The second-order valence-corrected chi connectivity index (χ2v) is 4.93. The highest BCUT2D eigenvalue weighted by atomic mass is 16.5. The van der Waals surface area contributed by atoms with Gasteiger partial charge in [-0.05, 0) is 5.56 Å². The van der Waals surface area contributed by atoms with Crippen LogP contribution in [-0.4, -0.2) is 37.5 Å². The van der Waals surface area contributed by atoms with Gasteiger partial charge in [-0.2, -0.15) is 0 Å².